The molecule has 4 rings (SSSR count). The van der Waals surface area contributed by atoms with Crippen molar-refractivity contribution in [2.75, 3.05) is 0 Å². The van der Waals surface area contributed by atoms with E-state index in [2.05, 4.69) is 48.3 Å². The molecule has 120 valence electrons. The highest BCUT2D eigenvalue weighted by Crippen LogP contribution is 2.36. The van der Waals surface area contributed by atoms with E-state index in [1.807, 2.05) is 4.68 Å². The maximum absolute atomic E-state index is 4.95. The molecule has 0 N–H and O–H groups in total. The van der Waals surface area contributed by atoms with Gasteiger partial charge in [-0.2, -0.15) is 9.78 Å². The van der Waals surface area contributed by atoms with Crippen LogP contribution < -0.4 is 0 Å². The largest absolute Gasteiger partial charge is 0.212 e. The smallest absolute Gasteiger partial charge is 0.191 e. The molecule has 1 fully saturated rings. The monoisotopic (exact) mass is 326 g/mol. The van der Waals surface area contributed by atoms with Gasteiger partial charge in [0.2, 0.25) is 5.16 Å². The lowest BCUT2D eigenvalue weighted by atomic mass is 9.89. The highest BCUT2D eigenvalue weighted by molar-refractivity contribution is 8.00. The fraction of sp³-hybridized carbons (Fsp3) is 0.500. The minimum atomic E-state index is 0.300. The summed E-state index contributed by atoms with van der Waals surface area (Å²) in [7, 11) is 0. The second kappa shape index (κ2) is 6.11. The third kappa shape index (κ3) is 2.82. The highest BCUT2D eigenvalue weighted by Gasteiger charge is 2.29. The van der Waals surface area contributed by atoms with Gasteiger partial charge in [0, 0.05) is 5.92 Å². The molecule has 5 heteroatoms. The molecular formula is C18H22N4S. The number of hydrogen-bond acceptors (Lipinski definition) is 4. The molecule has 0 spiro atoms. The molecule has 1 saturated carbocycles. The van der Waals surface area contributed by atoms with Crippen LogP contribution in [0.1, 0.15) is 61.9 Å². The number of aromatic nitrogens is 3. The maximum atomic E-state index is 4.95. The van der Waals surface area contributed by atoms with Crippen LogP contribution in [0.3, 0.4) is 0 Å². The van der Waals surface area contributed by atoms with Crippen LogP contribution >= 0.6 is 11.8 Å². The van der Waals surface area contributed by atoms with Gasteiger partial charge in [-0.05, 0) is 32.3 Å². The molecule has 1 aliphatic heterocycles. The van der Waals surface area contributed by atoms with Gasteiger partial charge in [0.1, 0.15) is 0 Å². The van der Waals surface area contributed by atoms with Crippen LogP contribution in [0, 0.1) is 6.92 Å². The van der Waals surface area contributed by atoms with Crippen LogP contribution in [-0.2, 0) is 0 Å². The number of fused-ring (bicyclic) bond motifs is 1. The molecule has 2 aromatic rings. The van der Waals surface area contributed by atoms with Crippen molar-refractivity contribution < 1.29 is 0 Å². The Morgan fingerprint density at radius 1 is 1.04 bits per heavy atom. The van der Waals surface area contributed by atoms with Crippen molar-refractivity contribution in [1.82, 2.24) is 14.9 Å². The van der Waals surface area contributed by atoms with Crippen LogP contribution in [0.15, 0.2) is 34.5 Å². The molecule has 2 aliphatic rings. The Morgan fingerprint density at radius 2 is 1.78 bits per heavy atom. The predicted octanol–water partition coefficient (Wildman–Crippen LogP) is 4.38. The van der Waals surface area contributed by atoms with Gasteiger partial charge < -0.3 is 0 Å². The summed E-state index contributed by atoms with van der Waals surface area (Å²) < 4.78 is 2.01. The second-order valence-corrected chi connectivity index (χ2v) is 7.91. The van der Waals surface area contributed by atoms with Gasteiger partial charge in [0.15, 0.2) is 5.82 Å². The summed E-state index contributed by atoms with van der Waals surface area (Å²) in [6, 6.07) is 8.64. The topological polar surface area (TPSA) is 43.1 Å². The predicted molar refractivity (Wildman–Crippen MR) is 94.3 cm³/mol. The molecule has 0 amide bonds. The van der Waals surface area contributed by atoms with Crippen LogP contribution in [0.5, 0.6) is 0 Å². The minimum Gasteiger partial charge on any atom is -0.191 e. The SMILES string of the molecule is Cc1ccc(C2=Nn3c(nnc3C3CCCCC3)S[C@H]2C)cc1. The fourth-order valence-electron chi connectivity index (χ4n) is 3.48. The van der Waals surface area contributed by atoms with Crippen molar-refractivity contribution in [3.8, 4) is 0 Å². The van der Waals surface area contributed by atoms with Crippen LogP contribution in [0.4, 0.5) is 0 Å². The van der Waals surface area contributed by atoms with Crippen LogP contribution in [0.2, 0.25) is 0 Å². The Morgan fingerprint density at radius 3 is 2.52 bits per heavy atom. The summed E-state index contributed by atoms with van der Waals surface area (Å²) in [5, 5.41) is 15.1. The molecule has 1 atom stereocenters. The van der Waals surface area contributed by atoms with E-state index in [1.165, 1.54) is 43.2 Å². The number of thioether (sulfide) groups is 1. The van der Waals surface area contributed by atoms with Gasteiger partial charge in [-0.15, -0.1) is 10.2 Å². The molecule has 1 aromatic carbocycles. The minimum absolute atomic E-state index is 0.300. The Bertz CT molecular complexity index is 726. The van der Waals surface area contributed by atoms with E-state index in [9.17, 15) is 0 Å². The average molecular weight is 326 g/mol. The molecule has 0 bridgehead atoms. The van der Waals surface area contributed by atoms with Crippen molar-refractivity contribution in [2.45, 2.75) is 62.3 Å². The van der Waals surface area contributed by atoms with Crippen molar-refractivity contribution >= 4 is 17.5 Å². The molecule has 4 nitrogen and oxygen atoms in total. The first-order valence-electron chi connectivity index (χ1n) is 8.50. The lowest BCUT2D eigenvalue weighted by Crippen LogP contribution is -2.23. The number of benzene rings is 1. The first-order valence-corrected chi connectivity index (χ1v) is 9.38. The lowest BCUT2D eigenvalue weighted by Gasteiger charge is -2.23. The zero-order valence-corrected chi connectivity index (χ0v) is 14.5. The van der Waals surface area contributed by atoms with Crippen LogP contribution in [-0.4, -0.2) is 25.8 Å². The number of aryl methyl sites for hydroxylation is 1. The summed E-state index contributed by atoms with van der Waals surface area (Å²) in [6.07, 6.45) is 6.37. The van der Waals surface area contributed by atoms with Gasteiger partial charge >= 0.3 is 0 Å². The zero-order chi connectivity index (χ0) is 15.8. The zero-order valence-electron chi connectivity index (χ0n) is 13.7. The Kier molecular flexibility index (Phi) is 3.97. The summed E-state index contributed by atoms with van der Waals surface area (Å²) in [6.45, 7) is 4.31. The quantitative estimate of drug-likeness (QED) is 0.822. The standard InChI is InChI=1S/C18H22N4S/c1-12-8-10-14(11-9-12)16-13(2)23-18-20-19-17(22(18)21-16)15-6-4-3-5-7-15/h8-11,13,15H,3-7H2,1-2H3/t13-/m0/s1. The Labute approximate surface area is 141 Å². The van der Waals surface area contributed by atoms with Crippen molar-refractivity contribution in [3.63, 3.8) is 0 Å². The first-order chi connectivity index (χ1) is 11.2. The molecule has 0 saturated heterocycles. The molecule has 0 unspecified atom stereocenters. The van der Waals surface area contributed by atoms with Gasteiger partial charge in [-0.3, -0.25) is 0 Å². The summed E-state index contributed by atoms with van der Waals surface area (Å²) in [5.41, 5.74) is 3.60. The van der Waals surface area contributed by atoms with E-state index in [4.69, 9.17) is 5.10 Å². The van der Waals surface area contributed by atoms with E-state index >= 15 is 0 Å². The van der Waals surface area contributed by atoms with Crippen molar-refractivity contribution in [2.24, 2.45) is 5.10 Å². The fourth-order valence-corrected chi connectivity index (χ4v) is 4.41. The summed E-state index contributed by atoms with van der Waals surface area (Å²) in [4.78, 5) is 0. The van der Waals surface area contributed by atoms with E-state index in [1.54, 1.807) is 11.8 Å². The third-order valence-corrected chi connectivity index (χ3v) is 5.87. The molecule has 1 aromatic heterocycles. The number of nitrogens with zero attached hydrogens (tertiary/aromatic N) is 4. The normalized spacial score (nSPS) is 21.8. The van der Waals surface area contributed by atoms with Gasteiger partial charge in [0.05, 0.1) is 11.0 Å². The lowest BCUT2D eigenvalue weighted by molar-refractivity contribution is 0.417. The summed E-state index contributed by atoms with van der Waals surface area (Å²) in [5.74, 6) is 1.57. The second-order valence-electron chi connectivity index (χ2n) is 6.60. The number of rotatable bonds is 2. The van der Waals surface area contributed by atoms with Crippen molar-refractivity contribution in [1.29, 1.82) is 0 Å². The maximum Gasteiger partial charge on any atom is 0.212 e. The Hall–Kier alpha value is -1.62. The summed E-state index contributed by atoms with van der Waals surface area (Å²) >= 11 is 1.76. The van der Waals surface area contributed by atoms with E-state index in [0.29, 0.717) is 11.2 Å². The molecule has 23 heavy (non-hydrogen) atoms. The molecular weight excluding hydrogens is 304 g/mol. The first kappa shape index (κ1) is 14.9. The van der Waals surface area contributed by atoms with E-state index in [-0.39, 0.29) is 0 Å². The molecule has 1 aliphatic carbocycles. The van der Waals surface area contributed by atoms with E-state index < -0.39 is 0 Å². The van der Waals surface area contributed by atoms with Crippen molar-refractivity contribution in [3.05, 3.63) is 41.2 Å². The average Bonchev–Trinajstić information content (AvgIpc) is 2.98. The van der Waals surface area contributed by atoms with Crippen LogP contribution in [0.25, 0.3) is 0 Å². The highest BCUT2D eigenvalue weighted by atomic mass is 32.2. The van der Waals surface area contributed by atoms with Gasteiger partial charge in [0.25, 0.3) is 0 Å². The third-order valence-electron chi connectivity index (χ3n) is 4.83. The number of hydrogen-bond donors (Lipinski definition) is 0. The van der Waals surface area contributed by atoms with Gasteiger partial charge in [-0.1, -0.05) is 60.9 Å². The molecule has 0 radical (unpaired) electrons. The van der Waals surface area contributed by atoms with Gasteiger partial charge in [-0.25, -0.2) is 0 Å². The Balaban J connectivity index is 1.73. The van der Waals surface area contributed by atoms with E-state index in [0.717, 1.165) is 16.7 Å². The molecule has 2 heterocycles.